The van der Waals surface area contributed by atoms with Crippen molar-refractivity contribution < 1.29 is 0 Å². The molecule has 1 aromatic heterocycles. The van der Waals surface area contributed by atoms with Gasteiger partial charge in [0.05, 0.1) is 14.9 Å². The maximum absolute atomic E-state index is 6.08. The molecule has 0 atom stereocenters. The van der Waals surface area contributed by atoms with E-state index in [1.54, 1.807) is 12.1 Å². The fourth-order valence-electron chi connectivity index (χ4n) is 1.15. The lowest BCUT2D eigenvalue weighted by molar-refractivity contribution is 1.21. The molecule has 1 aromatic carbocycles. The van der Waals surface area contributed by atoms with Gasteiger partial charge in [-0.15, -0.1) is 0 Å². The highest BCUT2D eigenvalue weighted by Crippen LogP contribution is 2.39. The van der Waals surface area contributed by atoms with Crippen molar-refractivity contribution in [3.63, 3.8) is 0 Å². The molecular formula is C10H8Cl2N2S2. The van der Waals surface area contributed by atoms with Gasteiger partial charge in [-0.3, -0.25) is 0 Å². The molecule has 0 saturated heterocycles. The van der Waals surface area contributed by atoms with Gasteiger partial charge < -0.3 is 5.73 Å². The minimum absolute atomic E-state index is 0.568. The Morgan fingerprint density at radius 3 is 2.75 bits per heavy atom. The second-order valence-corrected chi connectivity index (χ2v) is 6.29. The molecule has 2 nitrogen and oxygen atoms in total. The fraction of sp³-hybridized carbons (Fsp3) is 0.100. The van der Waals surface area contributed by atoms with E-state index in [9.17, 15) is 0 Å². The molecule has 16 heavy (non-hydrogen) atoms. The van der Waals surface area contributed by atoms with Gasteiger partial charge in [0.1, 0.15) is 0 Å². The number of aromatic nitrogens is 1. The van der Waals surface area contributed by atoms with Crippen molar-refractivity contribution in [1.29, 1.82) is 0 Å². The van der Waals surface area contributed by atoms with Crippen LogP contribution in [0.5, 0.6) is 0 Å². The summed E-state index contributed by atoms with van der Waals surface area (Å²) in [4.78, 5) is 5.08. The first-order valence-electron chi connectivity index (χ1n) is 4.42. The van der Waals surface area contributed by atoms with Crippen molar-refractivity contribution in [2.75, 3.05) is 5.73 Å². The van der Waals surface area contributed by atoms with Crippen LogP contribution in [-0.4, -0.2) is 4.98 Å². The Bertz CT molecular complexity index is 526. The number of thiazole rings is 1. The lowest BCUT2D eigenvalue weighted by Gasteiger charge is -2.02. The van der Waals surface area contributed by atoms with Crippen LogP contribution < -0.4 is 5.73 Å². The van der Waals surface area contributed by atoms with Gasteiger partial charge in [0.25, 0.3) is 0 Å². The first-order chi connectivity index (χ1) is 7.56. The minimum atomic E-state index is 0.568. The summed E-state index contributed by atoms with van der Waals surface area (Å²) in [5.41, 5.74) is 6.56. The normalized spacial score (nSPS) is 10.7. The van der Waals surface area contributed by atoms with Gasteiger partial charge in [0.15, 0.2) is 5.13 Å². The van der Waals surface area contributed by atoms with E-state index < -0.39 is 0 Å². The van der Waals surface area contributed by atoms with Crippen molar-refractivity contribution in [1.82, 2.24) is 4.98 Å². The van der Waals surface area contributed by atoms with E-state index >= 15 is 0 Å². The predicted octanol–water partition coefficient (Wildman–Crippen LogP) is 4.49. The third kappa shape index (κ3) is 2.63. The van der Waals surface area contributed by atoms with E-state index in [0.29, 0.717) is 15.2 Å². The molecule has 0 aliphatic carbocycles. The molecule has 0 amide bonds. The lowest BCUT2D eigenvalue weighted by Crippen LogP contribution is -1.80. The third-order valence-corrected chi connectivity index (χ3v) is 4.86. The van der Waals surface area contributed by atoms with Gasteiger partial charge in [-0.25, -0.2) is 4.98 Å². The Labute approximate surface area is 112 Å². The summed E-state index contributed by atoms with van der Waals surface area (Å²) >= 11 is 15.0. The Morgan fingerprint density at radius 2 is 2.12 bits per heavy atom. The molecule has 0 radical (unpaired) electrons. The number of benzene rings is 1. The number of aryl methyl sites for hydroxylation is 1. The van der Waals surface area contributed by atoms with Crippen LogP contribution in [0.3, 0.4) is 0 Å². The summed E-state index contributed by atoms with van der Waals surface area (Å²) in [5, 5.41) is 1.92. The molecule has 2 rings (SSSR count). The quantitative estimate of drug-likeness (QED) is 0.886. The molecule has 84 valence electrons. The number of nitrogen functional groups attached to an aromatic ring is 1. The summed E-state index contributed by atoms with van der Waals surface area (Å²) in [7, 11) is 0. The van der Waals surface area contributed by atoms with Crippen molar-refractivity contribution in [3.05, 3.63) is 33.9 Å². The Morgan fingerprint density at radius 1 is 1.38 bits per heavy atom. The molecule has 6 heteroatoms. The zero-order valence-corrected chi connectivity index (χ0v) is 11.5. The average Bonchev–Trinajstić information content (AvgIpc) is 2.51. The van der Waals surface area contributed by atoms with E-state index in [1.165, 1.54) is 23.1 Å². The van der Waals surface area contributed by atoms with Gasteiger partial charge in [-0.05, 0) is 25.1 Å². The predicted molar refractivity (Wildman–Crippen MR) is 71.8 cm³/mol. The number of nitrogens with zero attached hydrogens (tertiary/aromatic N) is 1. The first-order valence-corrected chi connectivity index (χ1v) is 6.81. The molecule has 0 saturated carbocycles. The van der Waals surface area contributed by atoms with Crippen LogP contribution >= 0.6 is 46.3 Å². The van der Waals surface area contributed by atoms with Crippen molar-refractivity contribution >= 4 is 51.4 Å². The monoisotopic (exact) mass is 290 g/mol. The molecule has 0 aliphatic heterocycles. The molecule has 0 bridgehead atoms. The zero-order valence-electron chi connectivity index (χ0n) is 8.33. The maximum Gasteiger partial charge on any atom is 0.181 e. The largest absolute Gasteiger partial charge is 0.375 e. The van der Waals surface area contributed by atoms with Crippen LogP contribution in [0.4, 0.5) is 5.13 Å². The van der Waals surface area contributed by atoms with Gasteiger partial charge in [-0.2, -0.15) is 0 Å². The number of hydrogen-bond donors (Lipinski definition) is 1. The molecule has 0 spiro atoms. The molecule has 0 unspecified atom stereocenters. The number of anilines is 1. The number of nitrogens with two attached hydrogens (primary N) is 1. The van der Waals surface area contributed by atoms with E-state index in [1.807, 2.05) is 13.0 Å². The Balaban J connectivity index is 2.33. The SMILES string of the molecule is Cc1nc(N)sc1Sc1cc(Cl)ccc1Cl. The van der Waals surface area contributed by atoms with E-state index in [0.717, 1.165) is 14.8 Å². The fourth-order valence-corrected chi connectivity index (χ4v) is 3.63. The second kappa shape index (κ2) is 4.84. The highest BCUT2D eigenvalue weighted by atomic mass is 35.5. The topological polar surface area (TPSA) is 38.9 Å². The molecular weight excluding hydrogens is 283 g/mol. The van der Waals surface area contributed by atoms with E-state index in [-0.39, 0.29) is 0 Å². The minimum Gasteiger partial charge on any atom is -0.375 e. The van der Waals surface area contributed by atoms with E-state index in [2.05, 4.69) is 4.98 Å². The molecule has 0 fully saturated rings. The zero-order chi connectivity index (χ0) is 11.7. The molecule has 0 aliphatic rings. The summed E-state index contributed by atoms with van der Waals surface area (Å²) in [6.07, 6.45) is 0. The standard InChI is InChI=1S/C10H8Cl2N2S2/c1-5-9(16-10(13)14-5)15-8-4-6(11)2-3-7(8)12/h2-4H,1H3,(H2,13,14). The van der Waals surface area contributed by atoms with Crippen LogP contribution in [0.1, 0.15) is 5.69 Å². The van der Waals surface area contributed by atoms with E-state index in [4.69, 9.17) is 28.9 Å². The third-order valence-electron chi connectivity index (χ3n) is 1.87. The van der Waals surface area contributed by atoms with Crippen LogP contribution in [0.15, 0.2) is 27.3 Å². The summed E-state index contributed by atoms with van der Waals surface area (Å²) in [5.74, 6) is 0. The smallest absolute Gasteiger partial charge is 0.181 e. The molecule has 1 heterocycles. The van der Waals surface area contributed by atoms with Crippen LogP contribution in [0.25, 0.3) is 0 Å². The van der Waals surface area contributed by atoms with Crippen molar-refractivity contribution in [2.24, 2.45) is 0 Å². The van der Waals surface area contributed by atoms with Gasteiger partial charge >= 0.3 is 0 Å². The van der Waals surface area contributed by atoms with Crippen LogP contribution in [0.2, 0.25) is 10.0 Å². The Hall–Kier alpha value is -0.420. The van der Waals surface area contributed by atoms with Gasteiger partial charge in [0.2, 0.25) is 0 Å². The van der Waals surface area contributed by atoms with Crippen molar-refractivity contribution in [2.45, 2.75) is 16.0 Å². The first kappa shape index (κ1) is 12.0. The van der Waals surface area contributed by atoms with Gasteiger partial charge in [0, 0.05) is 9.92 Å². The van der Waals surface area contributed by atoms with Crippen LogP contribution in [-0.2, 0) is 0 Å². The van der Waals surface area contributed by atoms with Crippen LogP contribution in [0, 0.1) is 6.92 Å². The van der Waals surface area contributed by atoms with Crippen molar-refractivity contribution in [3.8, 4) is 0 Å². The lowest BCUT2D eigenvalue weighted by atomic mass is 10.4. The maximum atomic E-state index is 6.08. The highest BCUT2D eigenvalue weighted by Gasteiger charge is 2.10. The molecule has 2 aromatic rings. The molecule has 2 N–H and O–H groups in total. The van der Waals surface area contributed by atoms with Gasteiger partial charge in [-0.1, -0.05) is 46.3 Å². The summed E-state index contributed by atoms with van der Waals surface area (Å²) in [6, 6.07) is 5.39. The summed E-state index contributed by atoms with van der Waals surface area (Å²) < 4.78 is 1.04. The average molecular weight is 291 g/mol. The number of rotatable bonds is 2. The highest BCUT2D eigenvalue weighted by molar-refractivity contribution is 8.01. The second-order valence-electron chi connectivity index (χ2n) is 3.10. The number of halogens is 2. The Kier molecular flexibility index (Phi) is 3.64. The summed E-state index contributed by atoms with van der Waals surface area (Å²) in [6.45, 7) is 1.92. The number of hydrogen-bond acceptors (Lipinski definition) is 4.